The lowest BCUT2D eigenvalue weighted by Crippen LogP contribution is -2.19. The molecule has 2 aromatic heterocycles. The third-order valence-corrected chi connectivity index (χ3v) is 4.61. The molecular formula is C17H22N4O3. The summed E-state index contributed by atoms with van der Waals surface area (Å²) in [5.74, 6) is 0.848. The monoisotopic (exact) mass is 330 g/mol. The van der Waals surface area contributed by atoms with Gasteiger partial charge in [0.25, 0.3) is 5.56 Å². The number of carbonyl (C=O) groups is 1. The topological polar surface area (TPSA) is 115 Å². The highest BCUT2D eigenvalue weighted by Gasteiger charge is 2.31. The van der Waals surface area contributed by atoms with E-state index in [2.05, 4.69) is 15.1 Å². The van der Waals surface area contributed by atoms with E-state index in [0.717, 1.165) is 31.2 Å². The molecule has 1 aliphatic rings. The number of nitrogen functional groups attached to an aromatic ring is 1. The van der Waals surface area contributed by atoms with Crippen LogP contribution in [0.15, 0.2) is 9.32 Å². The highest BCUT2D eigenvalue weighted by atomic mass is 16.5. The number of H-pyrrole nitrogens is 1. The highest BCUT2D eigenvalue weighted by Crippen LogP contribution is 2.35. The maximum Gasteiger partial charge on any atom is 0.256 e. The first kappa shape index (κ1) is 16.4. The summed E-state index contributed by atoms with van der Waals surface area (Å²) in [5, 5.41) is 4.17. The molecule has 3 N–H and O–H groups in total. The van der Waals surface area contributed by atoms with Gasteiger partial charge in [0, 0.05) is 12.0 Å². The van der Waals surface area contributed by atoms with Crippen molar-refractivity contribution in [2.75, 3.05) is 5.73 Å². The van der Waals surface area contributed by atoms with E-state index in [-0.39, 0.29) is 28.9 Å². The van der Waals surface area contributed by atoms with Crippen LogP contribution in [0.2, 0.25) is 0 Å². The minimum absolute atomic E-state index is 0.169. The fraction of sp³-hybridized carbons (Fsp3) is 0.529. The van der Waals surface area contributed by atoms with Crippen molar-refractivity contribution in [3.8, 4) is 11.6 Å². The minimum atomic E-state index is -0.299. The van der Waals surface area contributed by atoms with Crippen molar-refractivity contribution in [2.45, 2.75) is 58.3 Å². The van der Waals surface area contributed by atoms with Gasteiger partial charge in [-0.05, 0) is 26.2 Å². The summed E-state index contributed by atoms with van der Waals surface area (Å²) in [6.45, 7) is 3.66. The Morgan fingerprint density at radius 3 is 2.79 bits per heavy atom. The van der Waals surface area contributed by atoms with Crippen LogP contribution < -0.4 is 11.3 Å². The Bertz CT molecular complexity index is 822. The molecule has 1 aliphatic carbocycles. The molecule has 0 bridgehead atoms. The number of nitrogens with one attached hydrogen (secondary N) is 1. The zero-order chi connectivity index (χ0) is 17.3. The number of carbonyl (C=O) groups excluding carboxylic acids is 1. The van der Waals surface area contributed by atoms with Gasteiger partial charge in [-0.3, -0.25) is 9.59 Å². The summed E-state index contributed by atoms with van der Waals surface area (Å²) in [6.07, 6.45) is 4.90. The smallest absolute Gasteiger partial charge is 0.256 e. The van der Waals surface area contributed by atoms with Crippen LogP contribution in [0.3, 0.4) is 0 Å². The summed E-state index contributed by atoms with van der Waals surface area (Å²) >= 11 is 0. The molecule has 2 heterocycles. The van der Waals surface area contributed by atoms with Gasteiger partial charge in [0.2, 0.25) is 5.76 Å². The van der Waals surface area contributed by atoms with Crippen LogP contribution >= 0.6 is 0 Å². The molecule has 3 rings (SSSR count). The quantitative estimate of drug-likeness (QED) is 0.890. The molecule has 0 aromatic carbocycles. The van der Waals surface area contributed by atoms with Crippen LogP contribution in [0.5, 0.6) is 0 Å². The molecule has 0 saturated heterocycles. The van der Waals surface area contributed by atoms with Crippen molar-refractivity contribution in [1.82, 2.24) is 15.1 Å². The Morgan fingerprint density at radius 1 is 1.33 bits per heavy atom. The van der Waals surface area contributed by atoms with Gasteiger partial charge in [0.05, 0.1) is 17.2 Å². The van der Waals surface area contributed by atoms with E-state index in [1.54, 1.807) is 6.92 Å². The average molecular weight is 330 g/mol. The van der Waals surface area contributed by atoms with E-state index < -0.39 is 0 Å². The maximum absolute atomic E-state index is 12.3. The van der Waals surface area contributed by atoms with Crippen LogP contribution in [0.25, 0.3) is 11.6 Å². The average Bonchev–Trinajstić information content (AvgIpc) is 2.96. The zero-order valence-corrected chi connectivity index (χ0v) is 14.0. The van der Waals surface area contributed by atoms with Gasteiger partial charge >= 0.3 is 0 Å². The van der Waals surface area contributed by atoms with Gasteiger partial charge in [0.1, 0.15) is 11.6 Å². The lowest BCUT2D eigenvalue weighted by atomic mass is 9.83. The van der Waals surface area contributed by atoms with Crippen molar-refractivity contribution in [1.29, 1.82) is 0 Å². The number of Topliss-reactive ketones (excluding diaryl/α,β-unsaturated/α-hetero) is 1. The Morgan fingerprint density at radius 2 is 2.12 bits per heavy atom. The van der Waals surface area contributed by atoms with Crippen molar-refractivity contribution in [2.24, 2.45) is 0 Å². The Kier molecular flexibility index (Phi) is 4.51. The third-order valence-electron chi connectivity index (χ3n) is 4.61. The molecule has 0 spiro atoms. The van der Waals surface area contributed by atoms with Crippen molar-refractivity contribution < 1.29 is 9.32 Å². The van der Waals surface area contributed by atoms with Gasteiger partial charge in [-0.1, -0.05) is 24.9 Å². The maximum atomic E-state index is 12.3. The molecule has 1 atom stereocenters. The molecule has 128 valence electrons. The summed E-state index contributed by atoms with van der Waals surface area (Å²) in [5.41, 5.74) is 7.42. The Balaban J connectivity index is 2.09. The fourth-order valence-corrected chi connectivity index (χ4v) is 3.20. The minimum Gasteiger partial charge on any atom is -0.383 e. The lowest BCUT2D eigenvalue weighted by molar-refractivity contribution is -0.122. The fourth-order valence-electron chi connectivity index (χ4n) is 3.20. The molecule has 1 fully saturated rings. The van der Waals surface area contributed by atoms with E-state index in [9.17, 15) is 9.59 Å². The van der Waals surface area contributed by atoms with E-state index in [1.165, 1.54) is 0 Å². The van der Waals surface area contributed by atoms with Gasteiger partial charge in [-0.15, -0.1) is 0 Å². The summed E-state index contributed by atoms with van der Waals surface area (Å²) in [7, 11) is 0. The van der Waals surface area contributed by atoms with E-state index in [1.807, 2.05) is 6.92 Å². The van der Waals surface area contributed by atoms with Crippen LogP contribution in [0, 0.1) is 6.92 Å². The normalized spacial score (nSPS) is 18.1. The second-order valence-corrected chi connectivity index (χ2v) is 6.31. The van der Waals surface area contributed by atoms with Crippen molar-refractivity contribution in [3.05, 3.63) is 27.2 Å². The predicted molar refractivity (Wildman–Crippen MR) is 89.7 cm³/mol. The van der Waals surface area contributed by atoms with Crippen LogP contribution in [0.4, 0.5) is 5.82 Å². The molecule has 7 nitrogen and oxygen atoms in total. The molecule has 0 radical (unpaired) electrons. The Labute approximate surface area is 139 Å². The first-order chi connectivity index (χ1) is 11.5. The molecule has 7 heteroatoms. The molecule has 0 amide bonds. The number of rotatable bonds is 4. The number of nitrogens with zero attached hydrogens (tertiary/aromatic N) is 2. The number of aromatic amines is 1. The largest absolute Gasteiger partial charge is 0.383 e. The third kappa shape index (κ3) is 2.86. The number of aromatic nitrogens is 3. The van der Waals surface area contributed by atoms with E-state index in [4.69, 9.17) is 10.3 Å². The summed E-state index contributed by atoms with van der Waals surface area (Å²) in [6, 6.07) is 0. The highest BCUT2D eigenvalue weighted by molar-refractivity contribution is 5.86. The number of hydrogen-bond donors (Lipinski definition) is 2. The summed E-state index contributed by atoms with van der Waals surface area (Å²) in [4.78, 5) is 31.2. The molecule has 2 aromatic rings. The van der Waals surface area contributed by atoms with Crippen molar-refractivity contribution >= 4 is 11.6 Å². The van der Waals surface area contributed by atoms with Gasteiger partial charge in [-0.2, -0.15) is 0 Å². The molecule has 24 heavy (non-hydrogen) atoms. The molecule has 1 saturated carbocycles. The zero-order valence-electron chi connectivity index (χ0n) is 14.0. The molecule has 0 unspecified atom stereocenters. The Hall–Kier alpha value is -2.44. The first-order valence-corrected chi connectivity index (χ1v) is 8.40. The van der Waals surface area contributed by atoms with Crippen molar-refractivity contribution in [3.63, 3.8) is 0 Å². The number of hydrogen-bond acceptors (Lipinski definition) is 6. The van der Waals surface area contributed by atoms with Gasteiger partial charge < -0.3 is 15.2 Å². The van der Waals surface area contributed by atoms with E-state index in [0.29, 0.717) is 29.9 Å². The molecule has 0 aliphatic heterocycles. The lowest BCUT2D eigenvalue weighted by Gasteiger charge is -2.19. The number of nitrogens with two attached hydrogens (primary N) is 1. The predicted octanol–water partition coefficient (Wildman–Crippen LogP) is 2.49. The second kappa shape index (κ2) is 6.59. The standard InChI is InChI=1S/C17H22N4O3/c1-3-6-11-13(10-7-4-5-8-12(10)22)21-24-14(11)16-19-15(18)9(2)17(23)20-16/h10H,3-8H2,1-2H3,(H3,18,19,20,23)/t10-/m0/s1. The van der Waals surface area contributed by atoms with Crippen LogP contribution in [-0.4, -0.2) is 20.9 Å². The van der Waals surface area contributed by atoms with Crippen LogP contribution in [-0.2, 0) is 11.2 Å². The van der Waals surface area contributed by atoms with E-state index >= 15 is 0 Å². The van der Waals surface area contributed by atoms with Gasteiger partial charge in [-0.25, -0.2) is 4.98 Å². The number of anilines is 1. The van der Waals surface area contributed by atoms with Crippen LogP contribution in [0.1, 0.15) is 61.8 Å². The second-order valence-electron chi connectivity index (χ2n) is 6.31. The van der Waals surface area contributed by atoms with Gasteiger partial charge in [0.15, 0.2) is 5.82 Å². The first-order valence-electron chi connectivity index (χ1n) is 8.40. The summed E-state index contributed by atoms with van der Waals surface area (Å²) < 4.78 is 5.50. The molecular weight excluding hydrogens is 308 g/mol. The SMILES string of the molecule is CCCc1c([C@H]2CCCCC2=O)noc1-c1nc(N)c(C)c(=O)[nH]1. The number of ketones is 1.